The van der Waals surface area contributed by atoms with Crippen molar-refractivity contribution >= 4 is 11.3 Å². The van der Waals surface area contributed by atoms with E-state index in [9.17, 15) is 4.39 Å². The van der Waals surface area contributed by atoms with Crippen LogP contribution in [-0.2, 0) is 0 Å². The lowest BCUT2D eigenvalue weighted by atomic mass is 10.5. The molecule has 0 saturated carbocycles. The number of nitrogen functional groups attached to an aromatic ring is 1. The van der Waals surface area contributed by atoms with Gasteiger partial charge in [-0.3, -0.25) is 0 Å². The number of hydrogen-bond acceptors (Lipinski definition) is 3. The molecule has 2 heterocycles. The van der Waals surface area contributed by atoms with Crippen LogP contribution in [0.4, 0.5) is 10.2 Å². The molecule has 0 atom stereocenters. The Kier molecular flexibility index (Phi) is 1.27. The zero-order valence-corrected chi connectivity index (χ0v) is 6.45. The Labute approximate surface area is 67.8 Å². The van der Waals surface area contributed by atoms with Crippen molar-refractivity contribution < 1.29 is 4.39 Å². The van der Waals surface area contributed by atoms with E-state index < -0.39 is 6.08 Å². The second-order valence-corrected chi connectivity index (χ2v) is 2.54. The molecule has 0 saturated heterocycles. The summed E-state index contributed by atoms with van der Waals surface area (Å²) in [5.41, 5.74) is 6.92. The number of fused-ring (bicyclic) bond motifs is 1. The molecule has 0 aromatic carbocycles. The lowest BCUT2D eigenvalue weighted by Gasteiger charge is -1.98. The molecular formula is C7H7FN4. The molecule has 0 amide bonds. The molecule has 2 aromatic rings. The van der Waals surface area contributed by atoms with Crippen molar-refractivity contribution in [1.29, 1.82) is 0 Å². The lowest BCUT2D eigenvalue weighted by Crippen LogP contribution is -2.04. The van der Waals surface area contributed by atoms with Crippen LogP contribution in [0.3, 0.4) is 0 Å². The Hall–Kier alpha value is -1.65. The average Bonchev–Trinajstić information content (AvgIpc) is 2.33. The molecule has 2 rings (SSSR count). The standard InChI is InChI=1S/C7H7FN4/c1-4-2-3-5-6(9)10-7(8)11-12(4)5/h2-3H,1H3,(H2,9,10,11). The molecule has 12 heavy (non-hydrogen) atoms. The van der Waals surface area contributed by atoms with Crippen LogP contribution in [0, 0.1) is 13.0 Å². The summed E-state index contributed by atoms with van der Waals surface area (Å²) in [6.45, 7) is 1.82. The Balaban J connectivity index is 2.92. The van der Waals surface area contributed by atoms with Gasteiger partial charge in [0.2, 0.25) is 0 Å². The number of nitrogens with two attached hydrogens (primary N) is 1. The van der Waals surface area contributed by atoms with Gasteiger partial charge in [0.25, 0.3) is 0 Å². The molecular weight excluding hydrogens is 159 g/mol. The van der Waals surface area contributed by atoms with Crippen molar-refractivity contribution in [1.82, 2.24) is 14.6 Å². The number of anilines is 1. The van der Waals surface area contributed by atoms with Gasteiger partial charge in [0, 0.05) is 5.69 Å². The second kappa shape index (κ2) is 2.17. The van der Waals surface area contributed by atoms with Crippen LogP contribution in [0.5, 0.6) is 0 Å². The molecule has 0 spiro atoms. The smallest absolute Gasteiger partial charge is 0.327 e. The van der Waals surface area contributed by atoms with E-state index in [1.54, 1.807) is 12.1 Å². The van der Waals surface area contributed by atoms with E-state index in [0.29, 0.717) is 5.52 Å². The minimum absolute atomic E-state index is 0.163. The highest BCUT2D eigenvalue weighted by atomic mass is 19.1. The average molecular weight is 166 g/mol. The molecule has 0 aliphatic rings. The quantitative estimate of drug-likeness (QED) is 0.628. The first-order chi connectivity index (χ1) is 5.68. The van der Waals surface area contributed by atoms with Crippen molar-refractivity contribution in [3.8, 4) is 0 Å². The fourth-order valence-electron chi connectivity index (χ4n) is 1.12. The van der Waals surface area contributed by atoms with Crippen LogP contribution in [0.1, 0.15) is 5.69 Å². The molecule has 2 aromatic heterocycles. The number of aromatic nitrogens is 3. The van der Waals surface area contributed by atoms with E-state index in [0.717, 1.165) is 5.69 Å². The molecule has 5 heteroatoms. The minimum Gasteiger partial charge on any atom is -0.382 e. The van der Waals surface area contributed by atoms with Crippen molar-refractivity contribution in [2.24, 2.45) is 0 Å². The Morgan fingerprint density at radius 2 is 2.25 bits per heavy atom. The van der Waals surface area contributed by atoms with Crippen molar-refractivity contribution in [3.05, 3.63) is 23.9 Å². The summed E-state index contributed by atoms with van der Waals surface area (Å²) in [5, 5.41) is 3.55. The number of aryl methyl sites for hydroxylation is 1. The van der Waals surface area contributed by atoms with E-state index in [1.165, 1.54) is 4.52 Å². The highest BCUT2D eigenvalue weighted by Gasteiger charge is 2.05. The summed E-state index contributed by atoms with van der Waals surface area (Å²) in [5.74, 6) is 0.163. The maximum atomic E-state index is 12.6. The molecule has 0 aliphatic carbocycles. The van der Waals surface area contributed by atoms with E-state index in [-0.39, 0.29) is 5.82 Å². The van der Waals surface area contributed by atoms with Gasteiger partial charge in [-0.25, -0.2) is 4.52 Å². The molecule has 2 N–H and O–H groups in total. The number of hydrogen-bond donors (Lipinski definition) is 1. The predicted molar refractivity (Wildman–Crippen MR) is 42.1 cm³/mol. The van der Waals surface area contributed by atoms with Gasteiger partial charge in [0.05, 0.1) is 0 Å². The molecule has 4 nitrogen and oxygen atoms in total. The summed E-state index contributed by atoms with van der Waals surface area (Å²) in [4.78, 5) is 3.39. The molecule has 0 fully saturated rings. The minimum atomic E-state index is -0.806. The topological polar surface area (TPSA) is 56.2 Å². The largest absolute Gasteiger partial charge is 0.382 e. The molecule has 62 valence electrons. The Morgan fingerprint density at radius 1 is 1.50 bits per heavy atom. The SMILES string of the molecule is Cc1ccc2c(N)nc(F)nn12. The summed E-state index contributed by atoms with van der Waals surface area (Å²) in [6, 6.07) is 3.56. The van der Waals surface area contributed by atoms with Crippen molar-refractivity contribution in [2.75, 3.05) is 5.73 Å². The second-order valence-electron chi connectivity index (χ2n) is 2.54. The summed E-state index contributed by atoms with van der Waals surface area (Å²) in [7, 11) is 0. The zero-order chi connectivity index (χ0) is 8.72. The predicted octanol–water partition coefficient (Wildman–Crippen LogP) is 0.759. The zero-order valence-electron chi connectivity index (χ0n) is 6.45. The van der Waals surface area contributed by atoms with Gasteiger partial charge in [-0.15, -0.1) is 5.10 Å². The fraction of sp³-hybridized carbons (Fsp3) is 0.143. The van der Waals surface area contributed by atoms with E-state index in [4.69, 9.17) is 5.73 Å². The first-order valence-corrected chi connectivity index (χ1v) is 3.46. The lowest BCUT2D eigenvalue weighted by molar-refractivity contribution is 0.512. The fourth-order valence-corrected chi connectivity index (χ4v) is 1.12. The van der Waals surface area contributed by atoms with E-state index >= 15 is 0 Å². The monoisotopic (exact) mass is 166 g/mol. The van der Waals surface area contributed by atoms with Crippen LogP contribution in [-0.4, -0.2) is 14.6 Å². The van der Waals surface area contributed by atoms with Crippen molar-refractivity contribution in [2.45, 2.75) is 6.92 Å². The van der Waals surface area contributed by atoms with Gasteiger partial charge < -0.3 is 5.73 Å². The third-order valence-electron chi connectivity index (χ3n) is 1.70. The van der Waals surface area contributed by atoms with Crippen LogP contribution in [0.2, 0.25) is 0 Å². The maximum Gasteiger partial charge on any atom is 0.327 e. The summed E-state index contributed by atoms with van der Waals surface area (Å²) in [6.07, 6.45) is -0.806. The Bertz CT molecular complexity index is 434. The molecule has 0 radical (unpaired) electrons. The molecule has 0 bridgehead atoms. The van der Waals surface area contributed by atoms with Gasteiger partial charge >= 0.3 is 6.08 Å². The number of rotatable bonds is 0. The third kappa shape index (κ3) is 0.827. The number of nitrogens with zero attached hydrogens (tertiary/aromatic N) is 3. The first kappa shape index (κ1) is 7.02. The number of halogens is 1. The van der Waals surface area contributed by atoms with Gasteiger partial charge in [-0.2, -0.15) is 9.37 Å². The normalized spacial score (nSPS) is 10.8. The Morgan fingerprint density at radius 3 is 3.00 bits per heavy atom. The van der Waals surface area contributed by atoms with E-state index in [2.05, 4.69) is 10.1 Å². The highest BCUT2D eigenvalue weighted by molar-refractivity contribution is 5.65. The van der Waals surface area contributed by atoms with Gasteiger partial charge in [-0.05, 0) is 19.1 Å². The third-order valence-corrected chi connectivity index (χ3v) is 1.70. The summed E-state index contributed by atoms with van der Waals surface area (Å²) >= 11 is 0. The van der Waals surface area contributed by atoms with Crippen molar-refractivity contribution in [3.63, 3.8) is 0 Å². The van der Waals surface area contributed by atoms with Crippen LogP contribution in [0.15, 0.2) is 12.1 Å². The summed E-state index contributed by atoms with van der Waals surface area (Å²) < 4.78 is 14.1. The maximum absolute atomic E-state index is 12.6. The van der Waals surface area contributed by atoms with Gasteiger partial charge in [0.1, 0.15) is 5.52 Å². The van der Waals surface area contributed by atoms with Gasteiger partial charge in [0.15, 0.2) is 5.82 Å². The van der Waals surface area contributed by atoms with Crippen LogP contribution in [0.25, 0.3) is 5.52 Å². The van der Waals surface area contributed by atoms with Crippen LogP contribution >= 0.6 is 0 Å². The highest BCUT2D eigenvalue weighted by Crippen LogP contribution is 2.12. The molecule has 0 aliphatic heterocycles. The molecule has 0 unspecified atom stereocenters. The first-order valence-electron chi connectivity index (χ1n) is 3.46. The van der Waals surface area contributed by atoms with E-state index in [1.807, 2.05) is 6.92 Å². The van der Waals surface area contributed by atoms with Crippen LogP contribution < -0.4 is 5.73 Å². The van der Waals surface area contributed by atoms with Gasteiger partial charge in [-0.1, -0.05) is 0 Å².